The smallest absolute Gasteiger partial charge is 0.269 e. The molecule has 1 aromatic rings. The normalized spacial score (nSPS) is 10.8. The maximum Gasteiger partial charge on any atom is 0.269 e. The van der Waals surface area contributed by atoms with Gasteiger partial charge in [0.25, 0.3) is 6.43 Å². The van der Waals surface area contributed by atoms with Gasteiger partial charge in [-0.1, -0.05) is 0 Å². The Labute approximate surface area is 72.0 Å². The topological polar surface area (TPSA) is 79.1 Å². The van der Waals surface area contributed by atoms with Gasteiger partial charge in [0.1, 0.15) is 5.69 Å². The second-order valence-corrected chi connectivity index (χ2v) is 2.42. The third-order valence-electron chi connectivity index (χ3n) is 1.63. The molecule has 0 radical (unpaired) electrons. The quantitative estimate of drug-likeness (QED) is 0.631. The van der Waals surface area contributed by atoms with Crippen molar-refractivity contribution >= 4 is 5.69 Å². The van der Waals surface area contributed by atoms with E-state index in [9.17, 15) is 13.6 Å². The summed E-state index contributed by atoms with van der Waals surface area (Å²) in [7, 11) is 0. The van der Waals surface area contributed by atoms with E-state index in [1.54, 1.807) is 0 Å². The lowest BCUT2D eigenvalue weighted by Crippen LogP contribution is -2.17. The highest BCUT2D eigenvalue weighted by Crippen LogP contribution is 2.15. The van der Waals surface area contributed by atoms with E-state index in [0.29, 0.717) is 0 Å². The van der Waals surface area contributed by atoms with E-state index in [2.05, 4.69) is 4.98 Å². The summed E-state index contributed by atoms with van der Waals surface area (Å²) in [5, 5.41) is 8.63. The number of aromatic nitrogens is 1. The number of alkyl halides is 2. The number of hydrogen-bond donors (Lipinski definition) is 3. The molecule has 0 saturated heterocycles. The zero-order valence-electron chi connectivity index (χ0n) is 6.55. The molecule has 4 nitrogen and oxygen atoms in total. The number of pyridine rings is 1. The first-order chi connectivity index (χ1) is 6.07. The fraction of sp³-hybridized carbons (Fsp3) is 0.286. The molecule has 0 aromatic carbocycles. The van der Waals surface area contributed by atoms with Gasteiger partial charge in [-0.25, -0.2) is 8.78 Å². The Hall–Kier alpha value is -1.43. The van der Waals surface area contributed by atoms with Crippen molar-refractivity contribution in [1.82, 2.24) is 4.98 Å². The Bertz CT molecular complexity index is 362. The van der Waals surface area contributed by atoms with E-state index in [-0.39, 0.29) is 11.4 Å². The number of halogens is 2. The van der Waals surface area contributed by atoms with Gasteiger partial charge < -0.3 is 15.8 Å². The average Bonchev–Trinajstić information content (AvgIpc) is 2.09. The summed E-state index contributed by atoms with van der Waals surface area (Å²) >= 11 is 0. The summed E-state index contributed by atoms with van der Waals surface area (Å²) < 4.78 is 24.2. The Morgan fingerprint density at radius 2 is 2.23 bits per heavy atom. The van der Waals surface area contributed by atoms with Crippen molar-refractivity contribution < 1.29 is 13.9 Å². The highest BCUT2D eigenvalue weighted by Gasteiger charge is 2.15. The van der Waals surface area contributed by atoms with Gasteiger partial charge in [0, 0.05) is 6.20 Å². The molecule has 0 atom stereocenters. The zero-order valence-corrected chi connectivity index (χ0v) is 6.55. The maximum absolute atomic E-state index is 12.1. The molecule has 1 aromatic heterocycles. The zero-order chi connectivity index (χ0) is 10.0. The minimum atomic E-state index is -2.86. The number of hydrogen-bond acceptors (Lipinski definition) is 3. The number of aromatic amines is 1. The average molecular weight is 190 g/mol. The molecular weight excluding hydrogens is 182 g/mol. The van der Waals surface area contributed by atoms with Crippen LogP contribution in [0.4, 0.5) is 14.5 Å². The first kappa shape index (κ1) is 9.66. The van der Waals surface area contributed by atoms with E-state index in [0.717, 1.165) is 6.20 Å². The Morgan fingerprint density at radius 3 is 2.69 bits per heavy atom. The molecule has 6 heteroatoms. The Balaban J connectivity index is 3.32. The van der Waals surface area contributed by atoms with Crippen molar-refractivity contribution in [1.29, 1.82) is 0 Å². The van der Waals surface area contributed by atoms with Gasteiger partial charge in [-0.15, -0.1) is 0 Å². The third kappa shape index (κ3) is 1.67. The lowest BCUT2D eigenvalue weighted by molar-refractivity contribution is 0.149. The largest absolute Gasteiger partial charge is 0.394 e. The van der Waals surface area contributed by atoms with Gasteiger partial charge in [-0.05, 0) is 0 Å². The van der Waals surface area contributed by atoms with Crippen molar-refractivity contribution in [2.75, 3.05) is 5.73 Å². The van der Waals surface area contributed by atoms with Crippen LogP contribution in [0.3, 0.4) is 0 Å². The number of anilines is 1. The molecule has 1 rings (SSSR count). The standard InChI is InChI=1S/C7H8F2N2O2/c8-7(9)3-1-11-4(2-12)5(10)6(3)13/h1,7,12H,2,10H2,(H,11,13). The van der Waals surface area contributed by atoms with Gasteiger partial charge in [-0.2, -0.15) is 0 Å². The van der Waals surface area contributed by atoms with Crippen LogP contribution in [0.25, 0.3) is 0 Å². The number of H-pyrrole nitrogens is 1. The third-order valence-corrected chi connectivity index (χ3v) is 1.63. The van der Waals surface area contributed by atoms with Crippen LogP contribution < -0.4 is 11.2 Å². The molecule has 0 aliphatic rings. The van der Waals surface area contributed by atoms with Crippen LogP contribution in [0, 0.1) is 0 Å². The second-order valence-electron chi connectivity index (χ2n) is 2.42. The van der Waals surface area contributed by atoms with Crippen molar-refractivity contribution in [2.24, 2.45) is 0 Å². The predicted molar refractivity (Wildman–Crippen MR) is 42.4 cm³/mol. The number of aliphatic hydroxyl groups excluding tert-OH is 1. The minimum absolute atomic E-state index is 0.0504. The van der Waals surface area contributed by atoms with Gasteiger partial charge >= 0.3 is 0 Å². The van der Waals surface area contributed by atoms with Crippen LogP contribution in [0.1, 0.15) is 17.7 Å². The summed E-state index contributed by atoms with van der Waals surface area (Å²) in [6.45, 7) is -0.482. The molecule has 0 saturated carbocycles. The van der Waals surface area contributed by atoms with Gasteiger partial charge in [-0.3, -0.25) is 4.79 Å². The first-order valence-electron chi connectivity index (χ1n) is 3.47. The summed E-state index contributed by atoms with van der Waals surface area (Å²) in [6.07, 6.45) is -2.01. The predicted octanol–water partition coefficient (Wildman–Crippen LogP) is 0.387. The van der Waals surface area contributed by atoms with E-state index in [1.807, 2.05) is 0 Å². The van der Waals surface area contributed by atoms with Crippen LogP contribution in [-0.4, -0.2) is 10.1 Å². The number of aliphatic hydroxyl groups is 1. The van der Waals surface area contributed by atoms with Gasteiger partial charge in [0.15, 0.2) is 0 Å². The lowest BCUT2D eigenvalue weighted by Gasteiger charge is -2.04. The second kappa shape index (κ2) is 3.53. The highest BCUT2D eigenvalue weighted by molar-refractivity contribution is 5.44. The summed E-state index contributed by atoms with van der Waals surface area (Å²) in [4.78, 5) is 13.4. The molecule has 0 aliphatic heterocycles. The van der Waals surface area contributed by atoms with Crippen LogP contribution in [0.2, 0.25) is 0 Å². The van der Waals surface area contributed by atoms with E-state index in [1.165, 1.54) is 0 Å². The van der Waals surface area contributed by atoms with E-state index >= 15 is 0 Å². The fourth-order valence-corrected chi connectivity index (χ4v) is 0.894. The van der Waals surface area contributed by atoms with Crippen LogP contribution in [-0.2, 0) is 6.61 Å². The molecule has 4 N–H and O–H groups in total. The van der Waals surface area contributed by atoms with Crippen molar-refractivity contribution in [3.63, 3.8) is 0 Å². The molecule has 0 fully saturated rings. The molecule has 13 heavy (non-hydrogen) atoms. The summed E-state index contributed by atoms with van der Waals surface area (Å²) in [6, 6.07) is 0. The van der Waals surface area contributed by atoms with E-state index in [4.69, 9.17) is 10.8 Å². The molecule has 0 bridgehead atoms. The molecule has 0 unspecified atom stereocenters. The molecule has 1 heterocycles. The van der Waals surface area contributed by atoms with Crippen molar-refractivity contribution in [3.05, 3.63) is 27.7 Å². The highest BCUT2D eigenvalue weighted by atomic mass is 19.3. The Kier molecular flexibility index (Phi) is 2.62. The SMILES string of the molecule is Nc1c(CO)[nH]cc(C(F)F)c1=O. The van der Waals surface area contributed by atoms with Crippen LogP contribution in [0.5, 0.6) is 0 Å². The molecular formula is C7H8F2N2O2. The molecule has 0 amide bonds. The monoisotopic (exact) mass is 190 g/mol. The lowest BCUT2D eigenvalue weighted by atomic mass is 10.2. The number of nitrogens with two attached hydrogens (primary N) is 1. The maximum atomic E-state index is 12.1. The number of nitrogen functional groups attached to an aromatic ring is 1. The molecule has 72 valence electrons. The summed E-state index contributed by atoms with van der Waals surface area (Å²) in [5.41, 5.74) is 3.27. The summed E-state index contributed by atoms with van der Waals surface area (Å²) in [5.74, 6) is 0. The van der Waals surface area contributed by atoms with Crippen molar-refractivity contribution in [3.8, 4) is 0 Å². The van der Waals surface area contributed by atoms with E-state index < -0.39 is 24.0 Å². The first-order valence-corrected chi connectivity index (χ1v) is 3.47. The van der Waals surface area contributed by atoms with Gasteiger partial charge in [0.2, 0.25) is 5.43 Å². The Morgan fingerprint density at radius 1 is 1.62 bits per heavy atom. The van der Waals surface area contributed by atoms with Gasteiger partial charge in [0.05, 0.1) is 17.9 Å². The van der Waals surface area contributed by atoms with Crippen molar-refractivity contribution in [2.45, 2.75) is 13.0 Å². The molecule has 0 spiro atoms. The molecule has 0 aliphatic carbocycles. The van der Waals surface area contributed by atoms with Crippen LogP contribution >= 0.6 is 0 Å². The minimum Gasteiger partial charge on any atom is -0.394 e. The van der Waals surface area contributed by atoms with Crippen LogP contribution in [0.15, 0.2) is 11.0 Å². The fourth-order valence-electron chi connectivity index (χ4n) is 0.894. The number of nitrogens with one attached hydrogen (secondary N) is 1. The number of rotatable bonds is 2.